The number of Topliss-reactive ketones (excluding diaryl/α,β-unsaturated/α-hetero) is 2. The van der Waals surface area contributed by atoms with Gasteiger partial charge in [0.1, 0.15) is 5.67 Å². The SMILES string of the molecule is COc1ncc(C(C)=O)cc1C1(F)CC(OCc2ccccc2)C1.COc1ncc(C(C)=O)cc1C1(O)CC(OCc2ccccc2)C1. The second-order valence-electron chi connectivity index (χ2n) is 12.3. The summed E-state index contributed by atoms with van der Waals surface area (Å²) in [5, 5.41) is 10.9. The number of carbonyl (C=O) groups excluding carboxylic acids is 2. The zero-order chi connectivity index (χ0) is 34.3. The lowest BCUT2D eigenvalue weighted by molar-refractivity contribution is -0.150. The van der Waals surface area contributed by atoms with Gasteiger partial charge in [0, 0.05) is 54.8 Å². The predicted octanol–water partition coefficient (Wildman–Crippen LogP) is 6.70. The molecule has 252 valence electrons. The molecule has 2 heterocycles. The summed E-state index contributed by atoms with van der Waals surface area (Å²) in [5.41, 5.74) is 1.27. The number of nitrogens with zero attached hydrogens (tertiary/aromatic N) is 2. The van der Waals surface area contributed by atoms with Crippen molar-refractivity contribution in [2.75, 3.05) is 14.2 Å². The van der Waals surface area contributed by atoms with Crippen LogP contribution < -0.4 is 9.47 Å². The van der Waals surface area contributed by atoms with Crippen molar-refractivity contribution in [2.45, 2.75) is 76.2 Å². The van der Waals surface area contributed by atoms with E-state index in [0.29, 0.717) is 54.2 Å². The fraction of sp³-hybridized carbons (Fsp3) is 0.368. The normalized spacial score (nSPS) is 22.7. The molecule has 2 saturated carbocycles. The number of aromatic nitrogens is 2. The molecule has 0 atom stereocenters. The van der Waals surface area contributed by atoms with Gasteiger partial charge in [-0.15, -0.1) is 0 Å². The van der Waals surface area contributed by atoms with Crippen molar-refractivity contribution in [3.8, 4) is 11.8 Å². The van der Waals surface area contributed by atoms with E-state index in [4.69, 9.17) is 18.9 Å². The third-order valence-corrected chi connectivity index (χ3v) is 8.78. The Morgan fingerprint density at radius 3 is 1.58 bits per heavy atom. The summed E-state index contributed by atoms with van der Waals surface area (Å²) in [6.45, 7) is 3.89. The molecule has 9 nitrogen and oxygen atoms in total. The van der Waals surface area contributed by atoms with Crippen molar-refractivity contribution in [1.29, 1.82) is 0 Å². The Morgan fingerprint density at radius 2 is 1.15 bits per heavy atom. The quantitative estimate of drug-likeness (QED) is 0.166. The maximum Gasteiger partial charge on any atom is 0.219 e. The summed E-state index contributed by atoms with van der Waals surface area (Å²) in [6, 6.07) is 22.9. The summed E-state index contributed by atoms with van der Waals surface area (Å²) in [7, 11) is 2.95. The fourth-order valence-corrected chi connectivity index (χ4v) is 5.88. The molecular formula is C38H41FN2O7. The second kappa shape index (κ2) is 15.1. The topological polar surface area (TPSA) is 117 Å². The second-order valence-corrected chi connectivity index (χ2v) is 12.3. The number of halogens is 1. The third kappa shape index (κ3) is 8.13. The molecule has 0 aliphatic heterocycles. The number of alkyl halides is 1. The molecule has 0 radical (unpaired) electrons. The summed E-state index contributed by atoms with van der Waals surface area (Å²) in [6.07, 6.45) is 4.09. The molecule has 10 heteroatoms. The minimum Gasteiger partial charge on any atom is -0.481 e. The minimum atomic E-state index is -1.56. The van der Waals surface area contributed by atoms with Gasteiger partial charge in [-0.2, -0.15) is 0 Å². The molecule has 4 aromatic rings. The highest BCUT2D eigenvalue weighted by Gasteiger charge is 2.49. The third-order valence-electron chi connectivity index (χ3n) is 8.78. The van der Waals surface area contributed by atoms with E-state index in [9.17, 15) is 14.7 Å². The van der Waals surface area contributed by atoms with E-state index in [-0.39, 0.29) is 42.5 Å². The van der Waals surface area contributed by atoms with Crippen LogP contribution in [-0.2, 0) is 34.0 Å². The van der Waals surface area contributed by atoms with Crippen molar-refractivity contribution in [3.63, 3.8) is 0 Å². The molecule has 0 unspecified atom stereocenters. The van der Waals surface area contributed by atoms with Crippen LogP contribution in [0.4, 0.5) is 4.39 Å². The van der Waals surface area contributed by atoms with Gasteiger partial charge < -0.3 is 24.1 Å². The van der Waals surface area contributed by atoms with Gasteiger partial charge in [0.05, 0.1) is 50.8 Å². The number of ketones is 2. The van der Waals surface area contributed by atoms with Gasteiger partial charge >= 0.3 is 0 Å². The van der Waals surface area contributed by atoms with Gasteiger partial charge in [0.15, 0.2) is 11.6 Å². The fourth-order valence-electron chi connectivity index (χ4n) is 5.88. The smallest absolute Gasteiger partial charge is 0.219 e. The number of pyridine rings is 2. The van der Waals surface area contributed by atoms with Crippen molar-refractivity contribution in [1.82, 2.24) is 9.97 Å². The first kappa shape index (κ1) is 34.8. The largest absolute Gasteiger partial charge is 0.481 e. The summed E-state index contributed by atoms with van der Waals surface area (Å²) < 4.78 is 37.2. The number of benzene rings is 2. The van der Waals surface area contributed by atoms with Crippen LogP contribution in [0.5, 0.6) is 11.8 Å². The van der Waals surface area contributed by atoms with Crippen molar-refractivity contribution in [2.24, 2.45) is 0 Å². The van der Waals surface area contributed by atoms with Crippen LogP contribution in [0.1, 0.15) is 82.5 Å². The van der Waals surface area contributed by atoms with Crippen LogP contribution in [0.3, 0.4) is 0 Å². The van der Waals surface area contributed by atoms with Crippen LogP contribution in [0.15, 0.2) is 85.2 Å². The average molecular weight is 657 g/mol. The van der Waals surface area contributed by atoms with Crippen molar-refractivity contribution < 1.29 is 38.0 Å². The molecular weight excluding hydrogens is 615 g/mol. The monoisotopic (exact) mass is 656 g/mol. The molecule has 2 aliphatic carbocycles. The van der Waals surface area contributed by atoms with E-state index in [0.717, 1.165) is 11.1 Å². The lowest BCUT2D eigenvalue weighted by atomic mass is 9.72. The number of hydrogen-bond donors (Lipinski definition) is 1. The zero-order valence-electron chi connectivity index (χ0n) is 27.6. The number of rotatable bonds is 12. The molecule has 2 fully saturated rings. The van der Waals surface area contributed by atoms with E-state index >= 15 is 4.39 Å². The van der Waals surface area contributed by atoms with Gasteiger partial charge in [0.2, 0.25) is 11.8 Å². The Kier molecular flexibility index (Phi) is 11.0. The Hall–Kier alpha value is -4.51. The summed E-state index contributed by atoms with van der Waals surface area (Å²) in [5.74, 6) is 0.338. The number of aliphatic hydroxyl groups is 1. The maximum absolute atomic E-state index is 15.2. The highest BCUT2D eigenvalue weighted by atomic mass is 19.1. The van der Waals surface area contributed by atoms with E-state index in [1.54, 1.807) is 12.1 Å². The van der Waals surface area contributed by atoms with E-state index < -0.39 is 11.3 Å². The summed E-state index contributed by atoms with van der Waals surface area (Å²) in [4.78, 5) is 31.3. The van der Waals surface area contributed by atoms with Crippen LogP contribution in [0, 0.1) is 0 Å². The molecule has 1 N–H and O–H groups in total. The first-order valence-electron chi connectivity index (χ1n) is 15.9. The molecule has 0 saturated heterocycles. The van der Waals surface area contributed by atoms with Gasteiger partial charge in [-0.3, -0.25) is 9.59 Å². The number of methoxy groups -OCH3 is 2. The molecule has 2 aromatic carbocycles. The molecule has 6 rings (SSSR count). The minimum absolute atomic E-state index is 0.0269. The Bertz CT molecular complexity index is 1580. The Labute approximate surface area is 280 Å². The highest BCUT2D eigenvalue weighted by molar-refractivity contribution is 5.94. The van der Waals surface area contributed by atoms with Crippen molar-refractivity contribution >= 4 is 11.6 Å². The van der Waals surface area contributed by atoms with E-state index in [1.165, 1.54) is 40.5 Å². The average Bonchev–Trinajstić information content (AvgIpc) is 3.08. The first-order valence-corrected chi connectivity index (χ1v) is 15.9. The molecule has 0 bridgehead atoms. The lowest BCUT2D eigenvalue weighted by Gasteiger charge is -2.43. The Balaban J connectivity index is 0.000000188. The first-order chi connectivity index (χ1) is 23.0. The van der Waals surface area contributed by atoms with Gasteiger partial charge in [-0.25, -0.2) is 14.4 Å². The van der Waals surface area contributed by atoms with E-state index in [2.05, 4.69) is 9.97 Å². The van der Waals surface area contributed by atoms with Crippen LogP contribution >= 0.6 is 0 Å². The zero-order valence-corrected chi connectivity index (χ0v) is 27.6. The number of carbonyl (C=O) groups is 2. The number of hydrogen-bond acceptors (Lipinski definition) is 9. The summed E-state index contributed by atoms with van der Waals surface area (Å²) >= 11 is 0. The Morgan fingerprint density at radius 1 is 0.729 bits per heavy atom. The highest BCUT2D eigenvalue weighted by Crippen LogP contribution is 2.50. The molecule has 0 spiro atoms. The van der Waals surface area contributed by atoms with Gasteiger partial charge in [-0.05, 0) is 37.1 Å². The molecule has 2 aliphatic rings. The van der Waals surface area contributed by atoms with Crippen LogP contribution in [0.25, 0.3) is 0 Å². The van der Waals surface area contributed by atoms with E-state index in [1.807, 2.05) is 60.7 Å². The van der Waals surface area contributed by atoms with Gasteiger partial charge in [0.25, 0.3) is 0 Å². The predicted molar refractivity (Wildman–Crippen MR) is 177 cm³/mol. The van der Waals surface area contributed by atoms with Crippen LogP contribution in [0.2, 0.25) is 0 Å². The lowest BCUT2D eigenvalue weighted by Crippen LogP contribution is -2.46. The molecule has 2 aromatic heterocycles. The molecule has 0 amide bonds. The van der Waals surface area contributed by atoms with Crippen molar-refractivity contribution in [3.05, 3.63) is 119 Å². The van der Waals surface area contributed by atoms with Gasteiger partial charge in [-0.1, -0.05) is 60.7 Å². The molecule has 48 heavy (non-hydrogen) atoms. The maximum atomic E-state index is 15.2. The standard InChI is InChI=1S/C19H20FNO3.C19H21NO4/c1-13(22)15-8-17(18(23-2)21-11-15)19(20)9-16(10-19)24-12-14-6-4-3-5-7-14;1-13(21)15-8-17(18(23-2)20-11-15)19(22)9-16(10-19)24-12-14-6-4-3-5-7-14/h3-8,11,16H,9-10,12H2,1-2H3;3-8,11,16,22H,9-10,12H2,1-2H3. The number of ether oxygens (including phenoxy) is 4. The van der Waals surface area contributed by atoms with Crippen LogP contribution in [-0.4, -0.2) is 53.1 Å².